The van der Waals surface area contributed by atoms with E-state index in [1.165, 1.54) is 10.5 Å². The predicted octanol–water partition coefficient (Wildman–Crippen LogP) is 6.55. The number of nitrogens with zero attached hydrogens (tertiary/aromatic N) is 13. The average molecular weight is 791 g/mol. The maximum atomic E-state index is 4.78. The molecular weight excluding hydrogens is 753 g/mol. The van der Waals surface area contributed by atoms with Crippen molar-refractivity contribution >= 4 is 49.9 Å². The van der Waals surface area contributed by atoms with E-state index in [9.17, 15) is 0 Å². The normalized spacial score (nSPS) is 13.7. The summed E-state index contributed by atoms with van der Waals surface area (Å²) in [5, 5.41) is 39.5. The van der Waals surface area contributed by atoms with Gasteiger partial charge in [0.2, 0.25) is 4.96 Å². The van der Waals surface area contributed by atoms with Crippen molar-refractivity contribution in [2.75, 3.05) is 7.05 Å². The van der Waals surface area contributed by atoms with E-state index in [0.717, 1.165) is 95.8 Å². The van der Waals surface area contributed by atoms with Crippen molar-refractivity contribution in [3.63, 3.8) is 0 Å². The molecule has 1 N–H and O–H groups in total. The van der Waals surface area contributed by atoms with E-state index in [1.54, 1.807) is 23.1 Å². The van der Waals surface area contributed by atoms with E-state index in [4.69, 9.17) is 15.1 Å². The van der Waals surface area contributed by atoms with E-state index in [-0.39, 0.29) is 6.04 Å². The Balaban J connectivity index is 0.824. The van der Waals surface area contributed by atoms with E-state index in [0.29, 0.717) is 19.4 Å². The van der Waals surface area contributed by atoms with Gasteiger partial charge in [0.05, 0.1) is 36.0 Å². The van der Waals surface area contributed by atoms with Gasteiger partial charge in [-0.15, -0.1) is 20.4 Å². The van der Waals surface area contributed by atoms with Crippen LogP contribution in [0.25, 0.3) is 49.0 Å². The number of rotatable bonds is 11. The molecule has 16 heteroatoms. The molecule has 1 atom stereocenters. The molecule has 0 amide bonds. The lowest BCUT2D eigenvalue weighted by molar-refractivity contribution is 0.509. The second-order valence-corrected chi connectivity index (χ2v) is 16.3. The van der Waals surface area contributed by atoms with Crippen molar-refractivity contribution in [2.45, 2.75) is 56.9 Å². The summed E-state index contributed by atoms with van der Waals surface area (Å²) in [6.07, 6.45) is 17.1. The minimum Gasteiger partial charge on any atom is -0.311 e. The minimum atomic E-state index is 0.0449. The molecule has 1 aliphatic heterocycles. The summed E-state index contributed by atoms with van der Waals surface area (Å²) < 4.78 is 7.94. The van der Waals surface area contributed by atoms with Crippen LogP contribution in [0.2, 0.25) is 0 Å². The first-order valence-corrected chi connectivity index (χ1v) is 20.6. The summed E-state index contributed by atoms with van der Waals surface area (Å²) in [5.41, 5.74) is 8.34. The van der Waals surface area contributed by atoms with Gasteiger partial charge < -0.3 is 9.88 Å². The van der Waals surface area contributed by atoms with Crippen LogP contribution in [-0.2, 0) is 39.4 Å². The van der Waals surface area contributed by atoms with Crippen LogP contribution >= 0.6 is 23.1 Å². The Morgan fingerprint density at radius 1 is 0.772 bits per heavy atom. The monoisotopic (exact) mass is 790 g/mol. The minimum absolute atomic E-state index is 0.0449. The Bertz CT molecular complexity index is 2950. The van der Waals surface area contributed by atoms with Crippen LogP contribution in [0.15, 0.2) is 102 Å². The Kier molecular flexibility index (Phi) is 9.15. The van der Waals surface area contributed by atoms with Gasteiger partial charge in [-0.25, -0.2) is 0 Å². The predicted molar refractivity (Wildman–Crippen MR) is 222 cm³/mol. The number of allylic oxidation sites excluding steroid dienone is 1. The van der Waals surface area contributed by atoms with Crippen LogP contribution in [0.4, 0.5) is 0 Å². The third-order valence-corrected chi connectivity index (χ3v) is 12.6. The maximum absolute atomic E-state index is 4.78. The summed E-state index contributed by atoms with van der Waals surface area (Å²) in [4.78, 5) is 11.5. The van der Waals surface area contributed by atoms with Gasteiger partial charge in [0.1, 0.15) is 10.8 Å². The molecule has 7 aromatic heterocycles. The molecular formula is C41H38N14S2. The quantitative estimate of drug-likeness (QED) is 0.152. The van der Waals surface area contributed by atoms with Crippen molar-refractivity contribution in [1.29, 1.82) is 0 Å². The molecule has 0 aliphatic carbocycles. The number of thioether (sulfide) groups is 1. The molecule has 0 saturated carbocycles. The second kappa shape index (κ2) is 14.8. The molecule has 1 unspecified atom stereocenters. The van der Waals surface area contributed by atoms with Gasteiger partial charge in [-0.2, -0.15) is 19.8 Å². The molecule has 57 heavy (non-hydrogen) atoms. The van der Waals surface area contributed by atoms with Crippen LogP contribution in [0.5, 0.6) is 0 Å². The van der Waals surface area contributed by atoms with Gasteiger partial charge in [-0.05, 0) is 67.4 Å². The standard InChI is InChI=1S/C41H38N14S2/c1-4-39-51-55-38(48-50-41(55)57-39)15-26-8-10-34-28(13-26)17-30(19-44-34)32-21-46-53(23-32)24-35(42-2)36-6-5-11-54-37(47-49-40(54)56-36)14-25-7-9-33-27(12-25)16-29(18-43-33)31-20-45-52(3)22-31/h6-10,12-13,16-23,35,42H,4-5,11,14-15,24H2,1-3H3. The van der Waals surface area contributed by atoms with E-state index in [1.807, 2.05) is 59.0 Å². The first-order chi connectivity index (χ1) is 28.0. The molecule has 284 valence electrons. The molecule has 8 heterocycles. The number of benzene rings is 2. The number of likely N-dealkylation sites (N-methyl/N-ethyl adjacent to an activating group) is 1. The summed E-state index contributed by atoms with van der Waals surface area (Å²) in [7, 11) is 3.92. The van der Waals surface area contributed by atoms with Gasteiger partial charge >= 0.3 is 0 Å². The zero-order chi connectivity index (χ0) is 38.5. The highest BCUT2D eigenvalue weighted by atomic mass is 32.2. The largest absolute Gasteiger partial charge is 0.311 e. The molecule has 9 aromatic rings. The third kappa shape index (κ3) is 7.00. The summed E-state index contributed by atoms with van der Waals surface area (Å²) in [5.74, 6) is 1.79. The molecule has 2 aromatic carbocycles. The molecule has 10 rings (SSSR count). The number of hydrogen-bond donors (Lipinski definition) is 1. The molecule has 0 radical (unpaired) electrons. The number of nitrogens with one attached hydrogen (secondary N) is 1. The number of aromatic nitrogens is 13. The number of aryl methyl sites for hydroxylation is 2. The van der Waals surface area contributed by atoms with Crippen LogP contribution in [0.1, 0.15) is 41.1 Å². The van der Waals surface area contributed by atoms with Crippen LogP contribution < -0.4 is 5.32 Å². The highest BCUT2D eigenvalue weighted by Gasteiger charge is 2.23. The molecule has 0 saturated heterocycles. The lowest BCUT2D eigenvalue weighted by Gasteiger charge is -2.18. The molecule has 1 aliphatic rings. The Morgan fingerprint density at radius 2 is 1.47 bits per heavy atom. The van der Waals surface area contributed by atoms with Gasteiger partial charge in [-0.3, -0.25) is 19.3 Å². The van der Waals surface area contributed by atoms with Crippen molar-refractivity contribution in [2.24, 2.45) is 7.05 Å². The number of pyridine rings is 2. The van der Waals surface area contributed by atoms with Crippen molar-refractivity contribution in [1.82, 2.24) is 69.4 Å². The Labute approximate surface area is 335 Å². The molecule has 0 spiro atoms. The maximum Gasteiger partial charge on any atom is 0.234 e. The highest BCUT2D eigenvalue weighted by Crippen LogP contribution is 2.33. The third-order valence-electron chi connectivity index (χ3n) is 10.4. The molecule has 0 bridgehead atoms. The van der Waals surface area contributed by atoms with E-state index >= 15 is 0 Å². The fraction of sp³-hybridized carbons (Fsp3) is 0.244. The van der Waals surface area contributed by atoms with E-state index < -0.39 is 0 Å². The van der Waals surface area contributed by atoms with Crippen LogP contribution in [0.3, 0.4) is 0 Å². The number of hydrogen-bond acceptors (Lipinski definition) is 12. The summed E-state index contributed by atoms with van der Waals surface area (Å²) in [6, 6.07) is 17.2. The topological polar surface area (TPSA) is 147 Å². The number of fused-ring (bicyclic) bond motifs is 4. The zero-order valence-corrected chi connectivity index (χ0v) is 33.2. The zero-order valence-electron chi connectivity index (χ0n) is 31.6. The van der Waals surface area contributed by atoms with Crippen molar-refractivity contribution < 1.29 is 0 Å². The Hall–Kier alpha value is -6.10. The van der Waals surface area contributed by atoms with Gasteiger partial charge in [-0.1, -0.05) is 48.2 Å². The SMILES string of the molecule is CCc1nn2c(Cc3ccc4ncc(-c5cnn(CC(NC)C6=CCCn7c(Cc8ccc9ncc(-c%10cnn(C)c%10)cc9c8)nnc7S6)c5)cc4c3)nnc2s1. The first kappa shape index (κ1) is 35.3. The average Bonchev–Trinajstić information content (AvgIpc) is 4.07. The van der Waals surface area contributed by atoms with Crippen molar-refractivity contribution in [3.05, 3.63) is 124 Å². The fourth-order valence-electron chi connectivity index (χ4n) is 7.35. The van der Waals surface area contributed by atoms with Gasteiger partial charge in [0, 0.05) is 89.2 Å². The van der Waals surface area contributed by atoms with Crippen LogP contribution in [0, 0.1) is 0 Å². The highest BCUT2D eigenvalue weighted by molar-refractivity contribution is 8.03. The van der Waals surface area contributed by atoms with Crippen molar-refractivity contribution in [3.8, 4) is 22.3 Å². The molecule has 0 fully saturated rings. The summed E-state index contributed by atoms with van der Waals surface area (Å²) >= 11 is 3.27. The Morgan fingerprint density at radius 3 is 2.18 bits per heavy atom. The smallest absolute Gasteiger partial charge is 0.234 e. The summed E-state index contributed by atoms with van der Waals surface area (Å²) in [6.45, 7) is 3.59. The first-order valence-electron chi connectivity index (χ1n) is 18.9. The second-order valence-electron chi connectivity index (χ2n) is 14.3. The van der Waals surface area contributed by atoms with Crippen LogP contribution in [-0.4, -0.2) is 77.2 Å². The lowest BCUT2D eigenvalue weighted by atomic mass is 10.0. The molecule has 14 nitrogen and oxygen atoms in total. The van der Waals surface area contributed by atoms with Gasteiger partial charge in [0.15, 0.2) is 11.0 Å². The lowest BCUT2D eigenvalue weighted by Crippen LogP contribution is -2.31. The fourth-order valence-corrected chi connectivity index (χ4v) is 9.28. The van der Waals surface area contributed by atoms with Gasteiger partial charge in [0.25, 0.3) is 0 Å². The van der Waals surface area contributed by atoms with E-state index in [2.05, 4.69) is 108 Å².